The van der Waals surface area contributed by atoms with Gasteiger partial charge >= 0.3 is 0 Å². The molecule has 134 valence electrons. The molecular weight excluding hydrogens is 328 g/mol. The van der Waals surface area contributed by atoms with Gasteiger partial charge in [0.1, 0.15) is 5.41 Å². The second kappa shape index (κ2) is 7.70. The molecule has 0 unspecified atom stereocenters. The minimum Gasteiger partial charge on any atom is -0.378 e. The summed E-state index contributed by atoms with van der Waals surface area (Å²) in [6.07, 6.45) is 0. The van der Waals surface area contributed by atoms with E-state index in [0.717, 1.165) is 5.69 Å². The molecule has 0 fully saturated rings. The van der Waals surface area contributed by atoms with Crippen molar-refractivity contribution in [3.05, 3.63) is 54.1 Å². The first-order valence-electron chi connectivity index (χ1n) is 8.14. The number of carbonyl (C=O) groups excluding carboxylic acids is 2. The van der Waals surface area contributed by atoms with Gasteiger partial charge in [0, 0.05) is 31.2 Å². The Morgan fingerprint density at radius 1 is 0.962 bits per heavy atom. The van der Waals surface area contributed by atoms with Crippen LogP contribution in [0.2, 0.25) is 0 Å². The van der Waals surface area contributed by atoms with Crippen LogP contribution in [0.25, 0.3) is 0 Å². The van der Waals surface area contributed by atoms with Crippen molar-refractivity contribution in [1.82, 2.24) is 0 Å². The van der Waals surface area contributed by atoms with Crippen LogP contribution in [0, 0.1) is 16.7 Å². The molecule has 0 bridgehead atoms. The van der Waals surface area contributed by atoms with Crippen LogP contribution in [-0.2, 0) is 9.59 Å². The molecule has 6 nitrogen and oxygen atoms in total. The number of nitriles is 1. The molecule has 6 heteroatoms. The highest BCUT2D eigenvalue weighted by atomic mass is 16.2. The molecule has 0 saturated carbocycles. The zero-order valence-corrected chi connectivity index (χ0v) is 15.3. The van der Waals surface area contributed by atoms with Gasteiger partial charge in [-0.15, -0.1) is 0 Å². The number of rotatable bonds is 5. The van der Waals surface area contributed by atoms with Crippen LogP contribution in [0.3, 0.4) is 0 Å². The van der Waals surface area contributed by atoms with Gasteiger partial charge in [0.2, 0.25) is 11.8 Å². The van der Waals surface area contributed by atoms with Crippen LogP contribution in [-0.4, -0.2) is 25.9 Å². The Labute approximate surface area is 153 Å². The average Bonchev–Trinajstić information content (AvgIpc) is 2.62. The molecule has 0 aliphatic carbocycles. The molecule has 0 aliphatic heterocycles. The first-order valence-corrected chi connectivity index (χ1v) is 8.14. The normalized spacial score (nSPS) is 10.6. The lowest BCUT2D eigenvalue weighted by Gasteiger charge is -2.23. The SMILES string of the molecule is CN(C)c1ccc(NC(=O)C(C)(C)C(=O)Nc2cccc(C#N)c2)cc1. The predicted molar refractivity (Wildman–Crippen MR) is 103 cm³/mol. The molecular formula is C20H22N4O2. The lowest BCUT2D eigenvalue weighted by atomic mass is 9.90. The zero-order chi connectivity index (χ0) is 19.3. The van der Waals surface area contributed by atoms with Gasteiger partial charge in [0.05, 0.1) is 11.6 Å². The first kappa shape index (κ1) is 19.0. The number of hydrogen-bond acceptors (Lipinski definition) is 4. The fourth-order valence-electron chi connectivity index (χ4n) is 2.19. The maximum Gasteiger partial charge on any atom is 0.239 e. The average molecular weight is 350 g/mol. The first-order chi connectivity index (χ1) is 12.2. The van der Waals surface area contributed by atoms with E-state index in [0.29, 0.717) is 16.9 Å². The Balaban J connectivity index is 2.08. The van der Waals surface area contributed by atoms with Crippen molar-refractivity contribution in [1.29, 1.82) is 5.26 Å². The third-order valence-corrected chi connectivity index (χ3v) is 4.03. The third-order valence-electron chi connectivity index (χ3n) is 4.03. The largest absolute Gasteiger partial charge is 0.378 e. The number of amides is 2. The smallest absolute Gasteiger partial charge is 0.239 e. The highest BCUT2D eigenvalue weighted by Crippen LogP contribution is 2.23. The molecule has 0 heterocycles. The molecule has 0 saturated heterocycles. The Morgan fingerprint density at radius 2 is 1.54 bits per heavy atom. The molecule has 0 spiro atoms. The molecule has 2 rings (SSSR count). The fraction of sp³-hybridized carbons (Fsp3) is 0.250. The van der Waals surface area contributed by atoms with Gasteiger partial charge in [-0.3, -0.25) is 9.59 Å². The second-order valence-electron chi connectivity index (χ2n) is 6.67. The quantitative estimate of drug-likeness (QED) is 0.811. The van der Waals surface area contributed by atoms with E-state index in [1.807, 2.05) is 37.2 Å². The molecule has 2 aromatic carbocycles. The molecule has 0 aliphatic rings. The summed E-state index contributed by atoms with van der Waals surface area (Å²) in [5.74, 6) is -0.862. The summed E-state index contributed by atoms with van der Waals surface area (Å²) in [4.78, 5) is 27.1. The van der Waals surface area contributed by atoms with E-state index in [-0.39, 0.29) is 0 Å². The standard InChI is InChI=1S/C20H22N4O2/c1-20(2,19(26)23-16-7-5-6-14(12-16)13-21)18(25)22-15-8-10-17(11-9-15)24(3)4/h5-12H,1-4H3,(H,22,25)(H,23,26). The fourth-order valence-corrected chi connectivity index (χ4v) is 2.19. The van der Waals surface area contributed by atoms with E-state index in [9.17, 15) is 9.59 Å². The van der Waals surface area contributed by atoms with Crippen molar-refractivity contribution in [3.8, 4) is 6.07 Å². The summed E-state index contributed by atoms with van der Waals surface area (Å²) in [5.41, 5.74) is 1.25. The van der Waals surface area contributed by atoms with Gasteiger partial charge in [0.15, 0.2) is 0 Å². The Hall–Kier alpha value is -3.33. The van der Waals surface area contributed by atoms with E-state index in [4.69, 9.17) is 5.26 Å². The van der Waals surface area contributed by atoms with E-state index < -0.39 is 17.2 Å². The number of nitrogens with zero attached hydrogens (tertiary/aromatic N) is 2. The van der Waals surface area contributed by atoms with E-state index in [1.54, 1.807) is 50.2 Å². The number of hydrogen-bond donors (Lipinski definition) is 2. The lowest BCUT2D eigenvalue weighted by Crippen LogP contribution is -2.41. The summed E-state index contributed by atoms with van der Waals surface area (Å²) < 4.78 is 0. The van der Waals surface area contributed by atoms with Gasteiger partial charge in [-0.25, -0.2) is 0 Å². The van der Waals surface area contributed by atoms with Crippen LogP contribution in [0.15, 0.2) is 48.5 Å². The van der Waals surface area contributed by atoms with Crippen LogP contribution in [0.4, 0.5) is 17.1 Å². The minimum atomic E-state index is -1.29. The summed E-state index contributed by atoms with van der Waals surface area (Å²) in [6.45, 7) is 3.11. The van der Waals surface area contributed by atoms with E-state index >= 15 is 0 Å². The Kier molecular flexibility index (Phi) is 5.63. The van der Waals surface area contributed by atoms with Gasteiger partial charge in [-0.05, 0) is 56.3 Å². The number of anilines is 3. The van der Waals surface area contributed by atoms with E-state index in [2.05, 4.69) is 10.6 Å². The monoisotopic (exact) mass is 350 g/mol. The lowest BCUT2D eigenvalue weighted by molar-refractivity contribution is -0.135. The van der Waals surface area contributed by atoms with Gasteiger partial charge < -0.3 is 15.5 Å². The maximum atomic E-state index is 12.6. The minimum absolute atomic E-state index is 0.413. The van der Waals surface area contributed by atoms with Crippen LogP contribution in [0.1, 0.15) is 19.4 Å². The van der Waals surface area contributed by atoms with Crippen LogP contribution >= 0.6 is 0 Å². The molecule has 2 aromatic rings. The number of carbonyl (C=O) groups is 2. The topological polar surface area (TPSA) is 85.2 Å². The number of nitrogens with one attached hydrogen (secondary N) is 2. The Morgan fingerprint density at radius 3 is 2.08 bits per heavy atom. The second-order valence-corrected chi connectivity index (χ2v) is 6.67. The Bertz CT molecular complexity index is 849. The van der Waals surface area contributed by atoms with Gasteiger partial charge in [-0.2, -0.15) is 5.26 Å². The van der Waals surface area contributed by atoms with Crippen molar-refractivity contribution in [2.45, 2.75) is 13.8 Å². The van der Waals surface area contributed by atoms with Crippen LogP contribution in [0.5, 0.6) is 0 Å². The predicted octanol–water partition coefficient (Wildman–Crippen LogP) is 3.23. The molecule has 0 aromatic heterocycles. The molecule has 2 amide bonds. The summed E-state index contributed by atoms with van der Waals surface area (Å²) in [6, 6.07) is 15.9. The zero-order valence-electron chi connectivity index (χ0n) is 15.3. The molecule has 26 heavy (non-hydrogen) atoms. The summed E-state index contributed by atoms with van der Waals surface area (Å²) in [5, 5.41) is 14.4. The van der Waals surface area contributed by atoms with E-state index in [1.165, 1.54) is 0 Å². The highest BCUT2D eigenvalue weighted by Gasteiger charge is 2.36. The van der Waals surface area contributed by atoms with Crippen molar-refractivity contribution in [2.75, 3.05) is 29.6 Å². The van der Waals surface area contributed by atoms with Crippen molar-refractivity contribution < 1.29 is 9.59 Å². The van der Waals surface area contributed by atoms with Gasteiger partial charge in [-0.1, -0.05) is 6.07 Å². The third kappa shape index (κ3) is 4.39. The van der Waals surface area contributed by atoms with Crippen LogP contribution < -0.4 is 15.5 Å². The number of benzene rings is 2. The summed E-state index contributed by atoms with van der Waals surface area (Å²) in [7, 11) is 3.87. The van der Waals surface area contributed by atoms with Crippen molar-refractivity contribution in [2.24, 2.45) is 5.41 Å². The van der Waals surface area contributed by atoms with Crippen molar-refractivity contribution in [3.63, 3.8) is 0 Å². The van der Waals surface area contributed by atoms with Gasteiger partial charge in [0.25, 0.3) is 0 Å². The maximum absolute atomic E-state index is 12.6. The highest BCUT2D eigenvalue weighted by molar-refractivity contribution is 6.14. The van der Waals surface area contributed by atoms with Crippen molar-refractivity contribution >= 4 is 28.9 Å². The molecule has 0 atom stereocenters. The molecule has 2 N–H and O–H groups in total. The summed E-state index contributed by atoms with van der Waals surface area (Å²) >= 11 is 0. The molecule has 0 radical (unpaired) electrons.